The zero-order valence-electron chi connectivity index (χ0n) is 12.8. The van der Waals surface area contributed by atoms with Crippen molar-refractivity contribution in [2.24, 2.45) is 0 Å². The Bertz CT molecular complexity index is 1100. The van der Waals surface area contributed by atoms with Crippen LogP contribution in [0.15, 0.2) is 29.1 Å². The van der Waals surface area contributed by atoms with Crippen molar-refractivity contribution in [2.45, 2.75) is 6.92 Å². The molecule has 2 N–H and O–H groups in total. The number of aryl methyl sites for hydroxylation is 1. The van der Waals surface area contributed by atoms with Crippen molar-refractivity contribution in [1.82, 2.24) is 9.97 Å². The first-order valence-corrected chi connectivity index (χ1v) is 7.87. The van der Waals surface area contributed by atoms with Gasteiger partial charge in [0.2, 0.25) is 0 Å². The highest BCUT2D eigenvalue weighted by Gasteiger charge is 2.18. The fourth-order valence-electron chi connectivity index (χ4n) is 2.36. The standard InChI is InChI=1S/C16H11N3O5S/c1-8-12-14(20)17-11(18-15(12)25-13(8)16(21)22)6-5-9-3-2-4-10(7-9)19(23)24/h2-7H,1H3,(H,21,22)(H,17,18,20)/b6-5+. The number of carboxylic acids is 1. The van der Waals surface area contributed by atoms with E-state index in [0.29, 0.717) is 16.0 Å². The van der Waals surface area contributed by atoms with Crippen molar-refractivity contribution in [3.8, 4) is 0 Å². The third-order valence-electron chi connectivity index (χ3n) is 3.53. The van der Waals surface area contributed by atoms with Gasteiger partial charge in [-0.3, -0.25) is 14.9 Å². The quantitative estimate of drug-likeness (QED) is 0.546. The van der Waals surface area contributed by atoms with Crippen LogP contribution in [-0.2, 0) is 0 Å². The van der Waals surface area contributed by atoms with E-state index in [4.69, 9.17) is 5.11 Å². The van der Waals surface area contributed by atoms with Crippen molar-refractivity contribution in [2.75, 3.05) is 0 Å². The molecule has 0 atom stereocenters. The van der Waals surface area contributed by atoms with Crippen molar-refractivity contribution in [3.05, 3.63) is 66.6 Å². The molecule has 126 valence electrons. The van der Waals surface area contributed by atoms with Gasteiger partial charge in [0, 0.05) is 12.1 Å². The van der Waals surface area contributed by atoms with Crippen LogP contribution in [0.5, 0.6) is 0 Å². The lowest BCUT2D eigenvalue weighted by molar-refractivity contribution is -0.384. The Morgan fingerprint density at radius 1 is 1.40 bits per heavy atom. The minimum Gasteiger partial charge on any atom is -0.477 e. The molecule has 0 saturated carbocycles. The average Bonchev–Trinajstić information content (AvgIpc) is 2.90. The zero-order valence-corrected chi connectivity index (χ0v) is 13.7. The predicted molar refractivity (Wildman–Crippen MR) is 94.0 cm³/mol. The van der Waals surface area contributed by atoms with Crippen LogP contribution < -0.4 is 5.56 Å². The first kappa shape index (κ1) is 16.5. The summed E-state index contributed by atoms with van der Waals surface area (Å²) in [6, 6.07) is 6.01. The largest absolute Gasteiger partial charge is 0.477 e. The summed E-state index contributed by atoms with van der Waals surface area (Å²) in [5, 5.41) is 20.2. The third kappa shape index (κ3) is 3.17. The van der Waals surface area contributed by atoms with Gasteiger partial charge < -0.3 is 10.1 Å². The van der Waals surface area contributed by atoms with Crippen LogP contribution >= 0.6 is 11.3 Å². The number of H-pyrrole nitrogens is 1. The summed E-state index contributed by atoms with van der Waals surface area (Å²) in [4.78, 5) is 40.9. The topological polar surface area (TPSA) is 126 Å². The highest BCUT2D eigenvalue weighted by atomic mass is 32.1. The molecule has 0 radical (unpaired) electrons. The van der Waals surface area contributed by atoms with Crippen LogP contribution in [0.1, 0.15) is 26.6 Å². The van der Waals surface area contributed by atoms with Gasteiger partial charge in [0.1, 0.15) is 15.5 Å². The van der Waals surface area contributed by atoms with Crippen LogP contribution in [0.25, 0.3) is 22.4 Å². The maximum absolute atomic E-state index is 12.2. The number of carbonyl (C=O) groups is 1. The number of aromatic carboxylic acids is 1. The molecule has 3 aromatic rings. The number of carboxylic acid groups (broad SMARTS) is 1. The van der Waals surface area contributed by atoms with E-state index in [1.165, 1.54) is 18.2 Å². The molecule has 25 heavy (non-hydrogen) atoms. The number of fused-ring (bicyclic) bond motifs is 1. The van der Waals surface area contributed by atoms with Gasteiger partial charge in [-0.1, -0.05) is 18.2 Å². The number of nitrogens with one attached hydrogen (secondary N) is 1. The molecule has 0 spiro atoms. The number of rotatable bonds is 4. The van der Waals surface area contributed by atoms with Crippen LogP contribution in [0.2, 0.25) is 0 Å². The number of non-ortho nitro benzene ring substituents is 1. The molecule has 0 aliphatic rings. The van der Waals surface area contributed by atoms with Gasteiger partial charge in [-0.25, -0.2) is 9.78 Å². The Kier molecular flexibility index (Phi) is 4.15. The van der Waals surface area contributed by atoms with Crippen molar-refractivity contribution < 1.29 is 14.8 Å². The lowest BCUT2D eigenvalue weighted by Crippen LogP contribution is -2.09. The van der Waals surface area contributed by atoms with Gasteiger partial charge in [-0.2, -0.15) is 0 Å². The lowest BCUT2D eigenvalue weighted by atomic mass is 10.2. The van der Waals surface area contributed by atoms with E-state index in [1.807, 2.05) is 0 Å². The minimum atomic E-state index is -1.10. The number of aromatic amines is 1. The first-order valence-electron chi connectivity index (χ1n) is 7.06. The van der Waals surface area contributed by atoms with Crippen LogP contribution in [-0.4, -0.2) is 26.0 Å². The zero-order chi connectivity index (χ0) is 18.1. The molecule has 0 saturated heterocycles. The van der Waals surface area contributed by atoms with E-state index in [-0.39, 0.29) is 21.8 Å². The Labute approximate surface area is 144 Å². The highest BCUT2D eigenvalue weighted by molar-refractivity contribution is 7.20. The molecule has 2 aromatic heterocycles. The van der Waals surface area contributed by atoms with Gasteiger partial charge in [0.25, 0.3) is 11.2 Å². The summed E-state index contributed by atoms with van der Waals surface area (Å²) in [5.74, 6) is -0.865. The number of nitro groups is 1. The fourth-order valence-corrected chi connectivity index (χ4v) is 3.39. The molecular weight excluding hydrogens is 346 g/mol. The van der Waals surface area contributed by atoms with Gasteiger partial charge >= 0.3 is 5.97 Å². The van der Waals surface area contributed by atoms with Crippen molar-refractivity contribution in [1.29, 1.82) is 0 Å². The molecule has 0 bridgehead atoms. The molecule has 9 heteroatoms. The number of aromatic nitrogens is 2. The number of benzene rings is 1. The van der Waals surface area contributed by atoms with Gasteiger partial charge in [0.15, 0.2) is 0 Å². The van der Waals surface area contributed by atoms with Crippen molar-refractivity contribution >= 4 is 45.4 Å². The number of hydrogen-bond acceptors (Lipinski definition) is 6. The number of nitro benzene ring substituents is 1. The predicted octanol–water partition coefficient (Wildman–Crippen LogP) is 3.07. The summed E-state index contributed by atoms with van der Waals surface area (Å²) in [7, 11) is 0. The number of hydrogen-bond donors (Lipinski definition) is 2. The van der Waals surface area contributed by atoms with E-state index in [9.17, 15) is 19.7 Å². The second-order valence-corrected chi connectivity index (χ2v) is 6.18. The number of nitrogens with zero attached hydrogens (tertiary/aromatic N) is 2. The van der Waals surface area contributed by atoms with E-state index in [0.717, 1.165) is 11.3 Å². The summed E-state index contributed by atoms with van der Waals surface area (Å²) in [6.07, 6.45) is 3.09. The molecule has 0 amide bonds. The third-order valence-corrected chi connectivity index (χ3v) is 4.70. The maximum atomic E-state index is 12.2. The SMILES string of the molecule is Cc1c(C(=O)O)sc2nc(/C=C/c3cccc([N+](=O)[O-])c3)[nH]c(=O)c12. The minimum absolute atomic E-state index is 0.0426. The highest BCUT2D eigenvalue weighted by Crippen LogP contribution is 2.27. The normalized spacial score (nSPS) is 11.2. The van der Waals surface area contributed by atoms with Crippen molar-refractivity contribution in [3.63, 3.8) is 0 Å². The fraction of sp³-hybridized carbons (Fsp3) is 0.0625. The second kappa shape index (κ2) is 6.29. The van der Waals surface area contributed by atoms with Gasteiger partial charge in [-0.05, 0) is 24.1 Å². The lowest BCUT2D eigenvalue weighted by Gasteiger charge is -1.96. The van der Waals surface area contributed by atoms with Crippen LogP contribution in [0.3, 0.4) is 0 Å². The number of thiophene rings is 1. The summed E-state index contributed by atoms with van der Waals surface area (Å²) >= 11 is 0.935. The Morgan fingerprint density at radius 3 is 2.84 bits per heavy atom. The summed E-state index contributed by atoms with van der Waals surface area (Å²) in [6.45, 7) is 1.57. The molecule has 0 aliphatic heterocycles. The molecule has 0 aliphatic carbocycles. The van der Waals surface area contributed by atoms with E-state index in [2.05, 4.69) is 9.97 Å². The molecule has 8 nitrogen and oxygen atoms in total. The van der Waals surface area contributed by atoms with E-state index in [1.54, 1.807) is 25.1 Å². The first-order chi connectivity index (χ1) is 11.9. The maximum Gasteiger partial charge on any atom is 0.346 e. The Balaban J connectivity index is 2.02. The van der Waals surface area contributed by atoms with Gasteiger partial charge in [-0.15, -0.1) is 11.3 Å². The Morgan fingerprint density at radius 2 is 2.16 bits per heavy atom. The Hall–Kier alpha value is -3.33. The molecular formula is C16H11N3O5S. The molecule has 3 rings (SSSR count). The molecule has 0 fully saturated rings. The monoisotopic (exact) mass is 357 g/mol. The molecule has 0 unspecified atom stereocenters. The van der Waals surface area contributed by atoms with Gasteiger partial charge in [0.05, 0.1) is 10.3 Å². The smallest absolute Gasteiger partial charge is 0.346 e. The molecule has 1 aromatic carbocycles. The van der Waals surface area contributed by atoms with Crippen LogP contribution in [0, 0.1) is 17.0 Å². The molecule has 2 heterocycles. The second-order valence-electron chi connectivity index (χ2n) is 5.18. The average molecular weight is 357 g/mol. The van der Waals surface area contributed by atoms with Crippen LogP contribution in [0.4, 0.5) is 5.69 Å². The summed E-state index contributed by atoms with van der Waals surface area (Å²) < 4.78 is 0. The van der Waals surface area contributed by atoms with E-state index < -0.39 is 16.5 Å². The van der Waals surface area contributed by atoms with E-state index >= 15 is 0 Å². The summed E-state index contributed by atoms with van der Waals surface area (Å²) in [5.41, 5.74) is 0.491.